The molecule has 0 N–H and O–H groups in total. The van der Waals surface area contributed by atoms with Crippen molar-refractivity contribution in [3.05, 3.63) is 0 Å². The van der Waals surface area contributed by atoms with E-state index in [-0.39, 0.29) is 0 Å². The summed E-state index contributed by atoms with van der Waals surface area (Å²) in [5, 5.41) is 0. The molecule has 1 aliphatic rings. The third kappa shape index (κ3) is 1.07. The molecule has 0 spiro atoms. The Hall–Kier alpha value is -0.530. The van der Waals surface area contributed by atoms with Gasteiger partial charge in [-0.3, -0.25) is 4.79 Å². The van der Waals surface area contributed by atoms with Crippen molar-refractivity contribution in [2.75, 3.05) is 0 Å². The number of carbonyl (C=O) groups excluding carboxylic acids is 1. The van der Waals surface area contributed by atoms with Crippen LogP contribution in [0.1, 0.15) is 26.7 Å². The van der Waals surface area contributed by atoms with Gasteiger partial charge in [0.2, 0.25) is 6.41 Å². The third-order valence-corrected chi connectivity index (χ3v) is 2.14. The molecular weight excluding hydrogens is 114 g/mol. The molecule has 0 unspecified atom stereocenters. The second kappa shape index (κ2) is 2.38. The zero-order valence-electron chi connectivity index (χ0n) is 6.00. The molecule has 2 nitrogen and oxygen atoms in total. The van der Waals surface area contributed by atoms with Gasteiger partial charge >= 0.3 is 0 Å². The van der Waals surface area contributed by atoms with E-state index in [0.29, 0.717) is 12.1 Å². The Morgan fingerprint density at radius 2 is 1.78 bits per heavy atom. The minimum Gasteiger partial charge on any atom is -0.340 e. The number of carbonyl (C=O) groups is 1. The molecule has 0 aromatic rings. The van der Waals surface area contributed by atoms with Crippen molar-refractivity contribution in [3.8, 4) is 0 Å². The Labute approximate surface area is 55.8 Å². The topological polar surface area (TPSA) is 20.3 Å². The normalized spacial score (nSPS) is 35.1. The highest BCUT2D eigenvalue weighted by atomic mass is 16.1. The molecule has 0 aliphatic carbocycles. The number of rotatable bonds is 1. The third-order valence-electron chi connectivity index (χ3n) is 2.14. The molecule has 0 saturated carbocycles. The maximum absolute atomic E-state index is 10.4. The number of hydrogen-bond acceptors (Lipinski definition) is 1. The number of likely N-dealkylation sites (tertiary alicyclic amines) is 1. The van der Waals surface area contributed by atoms with E-state index in [1.165, 1.54) is 12.8 Å². The van der Waals surface area contributed by atoms with E-state index < -0.39 is 0 Å². The second-order valence-electron chi connectivity index (χ2n) is 2.83. The summed E-state index contributed by atoms with van der Waals surface area (Å²) in [5.74, 6) is 0. The molecule has 9 heavy (non-hydrogen) atoms. The predicted molar refractivity (Wildman–Crippen MR) is 36.1 cm³/mol. The van der Waals surface area contributed by atoms with Gasteiger partial charge in [-0.2, -0.15) is 0 Å². The molecule has 1 fully saturated rings. The van der Waals surface area contributed by atoms with Crippen LogP contribution in [0.4, 0.5) is 0 Å². The predicted octanol–water partition coefficient (Wildman–Crippen LogP) is 1.02. The van der Waals surface area contributed by atoms with Crippen molar-refractivity contribution in [3.63, 3.8) is 0 Å². The van der Waals surface area contributed by atoms with Gasteiger partial charge in [-0.25, -0.2) is 0 Å². The summed E-state index contributed by atoms with van der Waals surface area (Å²) < 4.78 is 0. The van der Waals surface area contributed by atoms with Crippen LogP contribution < -0.4 is 0 Å². The summed E-state index contributed by atoms with van der Waals surface area (Å²) in [6, 6.07) is 0.940. The van der Waals surface area contributed by atoms with Gasteiger partial charge in [0.1, 0.15) is 0 Å². The van der Waals surface area contributed by atoms with Crippen LogP contribution in [0.25, 0.3) is 0 Å². The molecule has 1 saturated heterocycles. The van der Waals surface area contributed by atoms with E-state index in [1.807, 2.05) is 4.90 Å². The van der Waals surface area contributed by atoms with Crippen molar-refractivity contribution in [1.82, 2.24) is 4.90 Å². The Balaban J connectivity index is 2.54. The van der Waals surface area contributed by atoms with Crippen LogP contribution >= 0.6 is 0 Å². The van der Waals surface area contributed by atoms with Crippen LogP contribution in [0.2, 0.25) is 0 Å². The highest BCUT2D eigenvalue weighted by Gasteiger charge is 2.24. The Morgan fingerprint density at radius 1 is 1.33 bits per heavy atom. The van der Waals surface area contributed by atoms with Gasteiger partial charge in [0.25, 0.3) is 0 Å². The number of nitrogens with zero attached hydrogens (tertiary/aromatic N) is 1. The van der Waals surface area contributed by atoms with E-state index in [4.69, 9.17) is 0 Å². The van der Waals surface area contributed by atoms with Crippen LogP contribution in [-0.4, -0.2) is 23.4 Å². The van der Waals surface area contributed by atoms with E-state index in [0.717, 1.165) is 6.41 Å². The fourth-order valence-electron chi connectivity index (χ4n) is 1.42. The summed E-state index contributed by atoms with van der Waals surface area (Å²) in [6.45, 7) is 4.19. The van der Waals surface area contributed by atoms with E-state index in [1.54, 1.807) is 0 Å². The number of amides is 1. The molecular formula is C7H13NO. The molecule has 2 heteroatoms. The first-order chi connectivity index (χ1) is 4.25. The average Bonchev–Trinajstić information content (AvgIpc) is 2.12. The standard InChI is InChI=1S/C7H13NO/c1-6-3-4-7(2)8(6)5-9/h5-7H,3-4H2,1-2H3/t6-,7-/m1/s1. The van der Waals surface area contributed by atoms with Crippen LogP contribution in [-0.2, 0) is 4.79 Å². The first-order valence-electron chi connectivity index (χ1n) is 3.48. The van der Waals surface area contributed by atoms with Crippen LogP contribution in [0.5, 0.6) is 0 Å². The summed E-state index contributed by atoms with van der Waals surface area (Å²) >= 11 is 0. The van der Waals surface area contributed by atoms with E-state index >= 15 is 0 Å². The molecule has 0 aromatic carbocycles. The molecule has 0 aromatic heterocycles. The van der Waals surface area contributed by atoms with E-state index in [2.05, 4.69) is 13.8 Å². The summed E-state index contributed by atoms with van der Waals surface area (Å²) in [7, 11) is 0. The van der Waals surface area contributed by atoms with Gasteiger partial charge in [0.05, 0.1) is 0 Å². The van der Waals surface area contributed by atoms with Crippen LogP contribution in [0, 0.1) is 0 Å². The monoisotopic (exact) mass is 127 g/mol. The zero-order chi connectivity index (χ0) is 6.85. The second-order valence-corrected chi connectivity index (χ2v) is 2.83. The molecule has 52 valence electrons. The highest BCUT2D eigenvalue weighted by molar-refractivity contribution is 5.48. The first-order valence-corrected chi connectivity index (χ1v) is 3.48. The lowest BCUT2D eigenvalue weighted by Gasteiger charge is -2.19. The lowest BCUT2D eigenvalue weighted by Crippen LogP contribution is -2.30. The molecule has 0 bridgehead atoms. The molecule has 1 heterocycles. The molecule has 1 rings (SSSR count). The molecule has 1 amide bonds. The van der Waals surface area contributed by atoms with Gasteiger partial charge in [-0.05, 0) is 26.7 Å². The van der Waals surface area contributed by atoms with Crippen molar-refractivity contribution in [2.45, 2.75) is 38.8 Å². The first kappa shape index (κ1) is 6.59. The van der Waals surface area contributed by atoms with Gasteiger partial charge in [-0.15, -0.1) is 0 Å². The maximum atomic E-state index is 10.4. The smallest absolute Gasteiger partial charge is 0.210 e. The van der Waals surface area contributed by atoms with Crippen LogP contribution in [0.15, 0.2) is 0 Å². The Morgan fingerprint density at radius 3 is 2.00 bits per heavy atom. The van der Waals surface area contributed by atoms with Crippen molar-refractivity contribution in [2.24, 2.45) is 0 Å². The highest BCUT2D eigenvalue weighted by Crippen LogP contribution is 2.20. The van der Waals surface area contributed by atoms with Gasteiger partial charge in [-0.1, -0.05) is 0 Å². The average molecular weight is 127 g/mol. The lowest BCUT2D eigenvalue weighted by molar-refractivity contribution is -0.120. The Bertz CT molecular complexity index is 103. The molecule has 1 aliphatic heterocycles. The lowest BCUT2D eigenvalue weighted by atomic mass is 10.2. The fraction of sp³-hybridized carbons (Fsp3) is 0.857. The summed E-state index contributed by atoms with van der Waals surface area (Å²) in [5.41, 5.74) is 0. The minimum atomic E-state index is 0.470. The quantitative estimate of drug-likeness (QED) is 0.481. The summed E-state index contributed by atoms with van der Waals surface area (Å²) in [6.07, 6.45) is 3.29. The maximum Gasteiger partial charge on any atom is 0.210 e. The minimum absolute atomic E-state index is 0.470. The van der Waals surface area contributed by atoms with Gasteiger partial charge in [0.15, 0.2) is 0 Å². The van der Waals surface area contributed by atoms with Gasteiger partial charge < -0.3 is 4.90 Å². The van der Waals surface area contributed by atoms with Crippen molar-refractivity contribution < 1.29 is 4.79 Å². The van der Waals surface area contributed by atoms with Gasteiger partial charge in [0, 0.05) is 12.1 Å². The molecule has 2 atom stereocenters. The van der Waals surface area contributed by atoms with Crippen LogP contribution in [0.3, 0.4) is 0 Å². The van der Waals surface area contributed by atoms with E-state index in [9.17, 15) is 4.79 Å². The van der Waals surface area contributed by atoms with Crippen molar-refractivity contribution >= 4 is 6.41 Å². The Kier molecular flexibility index (Phi) is 1.74. The summed E-state index contributed by atoms with van der Waals surface area (Å²) in [4.78, 5) is 12.2. The fourth-order valence-corrected chi connectivity index (χ4v) is 1.42. The molecule has 0 radical (unpaired) electrons. The largest absolute Gasteiger partial charge is 0.340 e. The zero-order valence-corrected chi connectivity index (χ0v) is 6.00. The SMILES string of the molecule is C[C@@H]1CC[C@@H](C)N1C=O. The number of hydrogen-bond donors (Lipinski definition) is 0. The van der Waals surface area contributed by atoms with Crippen molar-refractivity contribution in [1.29, 1.82) is 0 Å².